The first kappa shape index (κ1) is 15.8. The van der Waals surface area contributed by atoms with Crippen LogP contribution in [0.15, 0.2) is 62.9 Å². The van der Waals surface area contributed by atoms with E-state index in [1.54, 1.807) is 7.11 Å². The third-order valence-corrected chi connectivity index (χ3v) is 4.52. The lowest BCUT2D eigenvalue weighted by molar-refractivity contribution is -0.115. The van der Waals surface area contributed by atoms with Crippen LogP contribution in [0.5, 0.6) is 5.75 Å². The summed E-state index contributed by atoms with van der Waals surface area (Å²) in [5, 5.41) is 3.34. The number of aliphatic imine (C=N–C) groups is 1. The normalized spacial score (nSPS) is 17.6. The van der Waals surface area contributed by atoms with Crippen LogP contribution in [0, 0.1) is 0 Å². The molecule has 2 aromatic rings. The van der Waals surface area contributed by atoms with Crippen LogP contribution in [0.25, 0.3) is 6.08 Å². The Labute approximate surface area is 146 Å². The first-order valence-corrected chi connectivity index (χ1v) is 8.45. The van der Waals surface area contributed by atoms with Gasteiger partial charge in [0, 0.05) is 10.0 Å². The number of hydrogen-bond donors (Lipinski definition) is 1. The van der Waals surface area contributed by atoms with Crippen molar-refractivity contribution < 1.29 is 9.53 Å². The first-order chi connectivity index (χ1) is 11.2. The summed E-state index contributed by atoms with van der Waals surface area (Å²) in [6, 6.07) is 15.2. The second kappa shape index (κ2) is 7.02. The molecule has 1 N–H and O–H groups in total. The minimum Gasteiger partial charge on any atom is -0.496 e. The van der Waals surface area contributed by atoms with Gasteiger partial charge < -0.3 is 10.1 Å². The van der Waals surface area contributed by atoms with E-state index in [9.17, 15) is 4.79 Å². The summed E-state index contributed by atoms with van der Waals surface area (Å²) < 4.78 is 6.25. The monoisotopic (exact) mass is 388 g/mol. The van der Waals surface area contributed by atoms with Crippen LogP contribution in [0.3, 0.4) is 0 Å². The van der Waals surface area contributed by atoms with Gasteiger partial charge in [-0.3, -0.25) is 4.79 Å². The third kappa shape index (κ3) is 3.83. The molecule has 0 radical (unpaired) electrons. The van der Waals surface area contributed by atoms with Crippen LogP contribution in [-0.2, 0) is 4.79 Å². The second-order valence-corrected chi connectivity index (χ2v) is 6.65. The summed E-state index contributed by atoms with van der Waals surface area (Å²) in [4.78, 5) is 17.2. The largest absolute Gasteiger partial charge is 0.496 e. The molecule has 2 aromatic carbocycles. The van der Waals surface area contributed by atoms with Crippen LogP contribution < -0.4 is 10.1 Å². The molecule has 3 rings (SSSR count). The molecule has 1 aliphatic rings. The van der Waals surface area contributed by atoms with E-state index >= 15 is 0 Å². The van der Waals surface area contributed by atoms with E-state index in [2.05, 4.69) is 26.2 Å². The van der Waals surface area contributed by atoms with Gasteiger partial charge in [-0.05, 0) is 42.1 Å². The van der Waals surface area contributed by atoms with Crippen LogP contribution in [0.4, 0.5) is 5.69 Å². The van der Waals surface area contributed by atoms with Crippen LogP contribution >= 0.6 is 27.7 Å². The zero-order valence-electron chi connectivity index (χ0n) is 12.2. The summed E-state index contributed by atoms with van der Waals surface area (Å²) in [7, 11) is 1.61. The van der Waals surface area contributed by atoms with Gasteiger partial charge in [0.15, 0.2) is 5.17 Å². The number of rotatable bonds is 3. The molecule has 116 valence electrons. The molecule has 6 heteroatoms. The van der Waals surface area contributed by atoms with E-state index in [0.29, 0.717) is 10.1 Å². The van der Waals surface area contributed by atoms with E-state index in [0.717, 1.165) is 21.5 Å². The lowest BCUT2D eigenvalue weighted by Crippen LogP contribution is -2.19. The maximum Gasteiger partial charge on any atom is 0.264 e. The highest BCUT2D eigenvalue weighted by Gasteiger charge is 2.24. The molecule has 0 saturated carbocycles. The number of amides is 1. The van der Waals surface area contributed by atoms with Gasteiger partial charge in [-0.2, -0.15) is 0 Å². The standard InChI is InChI=1S/C17H13BrN2O2S/c1-22-14-8-3-2-5-11(14)9-15-16(21)20-17(23-15)19-13-7-4-6-12(18)10-13/h2-10H,1H3,(H,19,20,21)/b15-9-. The number of nitrogens with one attached hydrogen (secondary N) is 1. The average Bonchev–Trinajstić information content (AvgIpc) is 2.87. The summed E-state index contributed by atoms with van der Waals surface area (Å²) >= 11 is 4.72. The van der Waals surface area contributed by atoms with Crippen molar-refractivity contribution in [1.29, 1.82) is 0 Å². The van der Waals surface area contributed by atoms with E-state index < -0.39 is 0 Å². The van der Waals surface area contributed by atoms with Crippen LogP contribution in [0.1, 0.15) is 5.56 Å². The zero-order valence-corrected chi connectivity index (χ0v) is 14.6. The summed E-state index contributed by atoms with van der Waals surface area (Å²) in [6.45, 7) is 0. The van der Waals surface area contributed by atoms with E-state index in [1.807, 2.05) is 54.6 Å². The third-order valence-electron chi connectivity index (χ3n) is 3.12. The zero-order chi connectivity index (χ0) is 16.2. The fourth-order valence-corrected chi connectivity index (χ4v) is 3.29. The lowest BCUT2D eigenvalue weighted by Gasteiger charge is -2.03. The molecule has 1 fully saturated rings. The van der Waals surface area contributed by atoms with Gasteiger partial charge in [-0.1, -0.05) is 40.2 Å². The number of methoxy groups -OCH3 is 1. The molecule has 0 spiro atoms. The van der Waals surface area contributed by atoms with Gasteiger partial charge in [0.2, 0.25) is 0 Å². The lowest BCUT2D eigenvalue weighted by atomic mass is 10.2. The number of ether oxygens (including phenoxy) is 1. The number of nitrogens with zero attached hydrogens (tertiary/aromatic N) is 1. The molecule has 0 unspecified atom stereocenters. The Bertz CT molecular complexity index is 818. The molecule has 0 aromatic heterocycles. The van der Waals surface area contributed by atoms with Gasteiger partial charge in [0.25, 0.3) is 5.91 Å². The topological polar surface area (TPSA) is 50.7 Å². The van der Waals surface area contributed by atoms with E-state index in [1.165, 1.54) is 11.8 Å². The highest BCUT2D eigenvalue weighted by Crippen LogP contribution is 2.30. The molecule has 1 amide bonds. The number of carbonyl (C=O) groups is 1. The predicted molar refractivity (Wildman–Crippen MR) is 97.9 cm³/mol. The predicted octanol–water partition coefficient (Wildman–Crippen LogP) is 4.35. The molecule has 0 aliphatic carbocycles. The number of hydrogen-bond acceptors (Lipinski definition) is 4. The van der Waals surface area contributed by atoms with Crippen molar-refractivity contribution >= 4 is 50.5 Å². The van der Waals surface area contributed by atoms with E-state index in [4.69, 9.17) is 4.74 Å². The highest BCUT2D eigenvalue weighted by atomic mass is 79.9. The Morgan fingerprint density at radius 2 is 2.04 bits per heavy atom. The van der Waals surface area contributed by atoms with Crippen molar-refractivity contribution in [2.75, 3.05) is 7.11 Å². The highest BCUT2D eigenvalue weighted by molar-refractivity contribution is 9.10. The molecule has 23 heavy (non-hydrogen) atoms. The number of benzene rings is 2. The van der Waals surface area contributed by atoms with Crippen LogP contribution in [0.2, 0.25) is 0 Å². The number of thioether (sulfide) groups is 1. The summed E-state index contributed by atoms with van der Waals surface area (Å²) in [6.07, 6.45) is 1.81. The number of halogens is 1. The number of para-hydroxylation sites is 1. The molecule has 1 aliphatic heterocycles. The maximum atomic E-state index is 12.1. The first-order valence-electron chi connectivity index (χ1n) is 6.84. The Balaban J connectivity index is 1.86. The molecule has 4 nitrogen and oxygen atoms in total. The van der Waals surface area contributed by atoms with Crippen molar-refractivity contribution in [1.82, 2.24) is 5.32 Å². The quantitative estimate of drug-likeness (QED) is 0.795. The Morgan fingerprint density at radius 1 is 1.22 bits per heavy atom. The summed E-state index contributed by atoms with van der Waals surface area (Å²) in [5.74, 6) is 0.570. The Morgan fingerprint density at radius 3 is 2.83 bits per heavy atom. The molecule has 1 heterocycles. The SMILES string of the molecule is COc1ccccc1/C=C1\SC(=Nc2cccc(Br)c2)NC1=O. The van der Waals surface area contributed by atoms with Gasteiger partial charge in [0.1, 0.15) is 5.75 Å². The molecule has 0 atom stereocenters. The molecular formula is C17H13BrN2O2S. The number of amidine groups is 1. The Hall–Kier alpha value is -2.05. The average molecular weight is 389 g/mol. The van der Waals surface area contributed by atoms with Crippen molar-refractivity contribution in [2.24, 2.45) is 4.99 Å². The fraction of sp³-hybridized carbons (Fsp3) is 0.0588. The van der Waals surface area contributed by atoms with Crippen LogP contribution in [-0.4, -0.2) is 18.2 Å². The maximum absolute atomic E-state index is 12.1. The smallest absolute Gasteiger partial charge is 0.264 e. The minimum absolute atomic E-state index is 0.158. The second-order valence-electron chi connectivity index (χ2n) is 4.70. The van der Waals surface area contributed by atoms with Crippen molar-refractivity contribution in [3.8, 4) is 5.75 Å². The van der Waals surface area contributed by atoms with Crippen molar-refractivity contribution in [3.63, 3.8) is 0 Å². The minimum atomic E-state index is -0.158. The number of carbonyl (C=O) groups excluding carboxylic acids is 1. The molecule has 0 bridgehead atoms. The van der Waals surface area contributed by atoms with Gasteiger partial charge in [-0.15, -0.1) is 0 Å². The van der Waals surface area contributed by atoms with Gasteiger partial charge in [-0.25, -0.2) is 4.99 Å². The fourth-order valence-electron chi connectivity index (χ4n) is 2.07. The van der Waals surface area contributed by atoms with Gasteiger partial charge >= 0.3 is 0 Å². The van der Waals surface area contributed by atoms with Crippen molar-refractivity contribution in [3.05, 3.63) is 63.5 Å². The molecular weight excluding hydrogens is 376 g/mol. The Kier molecular flexibility index (Phi) is 4.83. The summed E-state index contributed by atoms with van der Waals surface area (Å²) in [5.41, 5.74) is 1.64. The van der Waals surface area contributed by atoms with Gasteiger partial charge in [0.05, 0.1) is 17.7 Å². The van der Waals surface area contributed by atoms with Crippen molar-refractivity contribution in [2.45, 2.75) is 0 Å². The van der Waals surface area contributed by atoms with E-state index in [-0.39, 0.29) is 5.91 Å². The molecule has 1 saturated heterocycles.